The number of benzene rings is 2. The van der Waals surface area contributed by atoms with Gasteiger partial charge in [0.05, 0.1) is 15.1 Å². The Kier molecular flexibility index (Phi) is 8.21. The zero-order valence-corrected chi connectivity index (χ0v) is 22.4. The highest BCUT2D eigenvalue weighted by Gasteiger charge is 2.27. The first-order valence-electron chi connectivity index (χ1n) is 12.8. The van der Waals surface area contributed by atoms with Crippen molar-refractivity contribution in [3.8, 4) is 0 Å². The van der Waals surface area contributed by atoms with Crippen molar-refractivity contribution >= 4 is 44.0 Å². The van der Waals surface area contributed by atoms with Crippen LogP contribution in [0.2, 0.25) is 0 Å². The van der Waals surface area contributed by atoms with Crippen molar-refractivity contribution in [3.63, 3.8) is 0 Å². The highest BCUT2D eigenvalue weighted by atomic mass is 32.1. The summed E-state index contributed by atoms with van der Waals surface area (Å²) in [6.45, 7) is 12.8. The van der Waals surface area contributed by atoms with Crippen LogP contribution < -0.4 is 9.80 Å². The fourth-order valence-corrected chi connectivity index (χ4v) is 6.07. The molecule has 0 unspecified atom stereocenters. The molecule has 1 amide bonds. The van der Waals surface area contributed by atoms with E-state index in [1.807, 2.05) is 6.92 Å². The van der Waals surface area contributed by atoms with Gasteiger partial charge in [0.15, 0.2) is 5.13 Å². The second-order valence-corrected chi connectivity index (χ2v) is 10.4. The first-order valence-corrected chi connectivity index (χ1v) is 13.6. The third kappa shape index (κ3) is 5.52. The van der Waals surface area contributed by atoms with Crippen molar-refractivity contribution in [1.82, 2.24) is 9.88 Å². The fourth-order valence-electron chi connectivity index (χ4n) is 4.90. The number of carbonyl (C=O) groups is 1. The lowest BCUT2D eigenvalue weighted by Gasteiger charge is -2.28. The van der Waals surface area contributed by atoms with E-state index in [4.69, 9.17) is 4.98 Å². The minimum Gasteiger partial charge on any atom is -0.366 e. The molecule has 4 rings (SSSR count). The minimum absolute atomic E-state index is 0.0118. The van der Waals surface area contributed by atoms with E-state index in [1.165, 1.54) is 17.4 Å². The SMILES string of the molecule is CCN(CC)CCN(C(=O)c1ccc(N2CCCCC2)c([N+](=O)[O-])c1)c1nc2c(C)cc(C)cc2s1. The lowest BCUT2D eigenvalue weighted by molar-refractivity contribution is -0.384. The van der Waals surface area contributed by atoms with Crippen molar-refractivity contribution in [3.05, 3.63) is 57.1 Å². The number of hydrogen-bond donors (Lipinski definition) is 0. The first kappa shape index (κ1) is 26.0. The van der Waals surface area contributed by atoms with Crippen LogP contribution in [0.3, 0.4) is 0 Å². The standard InChI is InChI=1S/C27H35N5O3S/c1-5-29(6-2)14-15-31(27-28-25-20(4)16-19(3)17-24(25)36-27)26(33)21-10-11-22(23(18-21)32(34)35)30-12-8-7-9-13-30/h10-11,16-18H,5-9,12-15H2,1-4H3. The highest BCUT2D eigenvalue weighted by Crippen LogP contribution is 2.35. The van der Waals surface area contributed by atoms with E-state index in [0.29, 0.717) is 29.5 Å². The predicted octanol–water partition coefficient (Wildman–Crippen LogP) is 5.80. The Morgan fingerprint density at radius 3 is 2.47 bits per heavy atom. The Balaban J connectivity index is 1.72. The number of aryl methyl sites for hydroxylation is 2. The number of nitro benzene ring substituents is 1. The van der Waals surface area contributed by atoms with E-state index in [2.05, 4.69) is 42.7 Å². The van der Waals surface area contributed by atoms with Gasteiger partial charge in [0, 0.05) is 37.8 Å². The molecule has 0 N–H and O–H groups in total. The molecule has 0 radical (unpaired) electrons. The molecule has 2 heterocycles. The molecule has 1 aliphatic heterocycles. The number of nitrogens with zero attached hydrogens (tertiary/aromatic N) is 5. The van der Waals surface area contributed by atoms with E-state index < -0.39 is 0 Å². The number of rotatable bonds is 9. The van der Waals surface area contributed by atoms with Crippen LogP contribution in [0.5, 0.6) is 0 Å². The van der Waals surface area contributed by atoms with Gasteiger partial charge in [-0.05, 0) is 75.5 Å². The summed E-state index contributed by atoms with van der Waals surface area (Å²) >= 11 is 1.49. The lowest BCUT2D eigenvalue weighted by Crippen LogP contribution is -2.39. The quantitative estimate of drug-likeness (QED) is 0.268. The van der Waals surface area contributed by atoms with Gasteiger partial charge in [0.2, 0.25) is 0 Å². The third-order valence-electron chi connectivity index (χ3n) is 6.94. The number of amides is 1. The maximum atomic E-state index is 13.9. The molecule has 0 aliphatic carbocycles. The molecule has 8 nitrogen and oxygen atoms in total. The molecule has 1 aliphatic rings. The molecule has 0 atom stereocenters. The number of thiazole rings is 1. The van der Waals surface area contributed by atoms with Crippen LogP contribution in [0.4, 0.5) is 16.5 Å². The Bertz CT molecular complexity index is 1250. The predicted molar refractivity (Wildman–Crippen MR) is 148 cm³/mol. The number of nitro groups is 1. The molecule has 1 saturated heterocycles. The Morgan fingerprint density at radius 1 is 1.08 bits per heavy atom. The normalized spacial score (nSPS) is 14.0. The van der Waals surface area contributed by atoms with Crippen molar-refractivity contribution in [2.75, 3.05) is 49.1 Å². The average Bonchev–Trinajstić information content (AvgIpc) is 3.30. The number of hydrogen-bond acceptors (Lipinski definition) is 7. The smallest absolute Gasteiger partial charge is 0.293 e. The van der Waals surface area contributed by atoms with Crippen LogP contribution in [-0.2, 0) is 0 Å². The monoisotopic (exact) mass is 509 g/mol. The van der Waals surface area contributed by atoms with Crippen LogP contribution in [0, 0.1) is 24.0 Å². The van der Waals surface area contributed by atoms with Gasteiger partial charge in [-0.15, -0.1) is 0 Å². The van der Waals surface area contributed by atoms with Crippen molar-refractivity contribution in [1.29, 1.82) is 0 Å². The molecule has 2 aromatic carbocycles. The van der Waals surface area contributed by atoms with Crippen molar-refractivity contribution in [2.24, 2.45) is 0 Å². The number of fused-ring (bicyclic) bond motifs is 1. The largest absolute Gasteiger partial charge is 0.366 e. The maximum absolute atomic E-state index is 13.9. The van der Waals surface area contributed by atoms with E-state index in [-0.39, 0.29) is 16.5 Å². The second kappa shape index (κ2) is 11.3. The Labute approximate surface area is 216 Å². The Hall–Kier alpha value is -3.04. The topological polar surface area (TPSA) is 82.8 Å². The zero-order chi connectivity index (χ0) is 25.8. The summed E-state index contributed by atoms with van der Waals surface area (Å²) in [6, 6.07) is 9.10. The fraction of sp³-hybridized carbons (Fsp3) is 0.481. The molecule has 36 heavy (non-hydrogen) atoms. The molecule has 0 bridgehead atoms. The van der Waals surface area contributed by atoms with E-state index in [1.54, 1.807) is 17.0 Å². The van der Waals surface area contributed by atoms with Crippen LogP contribution in [0.1, 0.15) is 54.6 Å². The minimum atomic E-state index is -0.370. The number of likely N-dealkylation sites (N-methyl/N-ethyl adjacent to an activating group) is 1. The summed E-state index contributed by atoms with van der Waals surface area (Å²) in [5.74, 6) is -0.260. The van der Waals surface area contributed by atoms with Gasteiger partial charge in [0.1, 0.15) is 5.69 Å². The molecular weight excluding hydrogens is 474 g/mol. The lowest BCUT2D eigenvalue weighted by atomic mass is 10.1. The van der Waals surface area contributed by atoms with Gasteiger partial charge < -0.3 is 9.80 Å². The second-order valence-electron chi connectivity index (χ2n) is 9.42. The number of piperidine rings is 1. The number of aromatic nitrogens is 1. The van der Waals surface area contributed by atoms with Gasteiger partial charge in [0.25, 0.3) is 11.6 Å². The molecule has 9 heteroatoms. The first-order chi connectivity index (χ1) is 17.3. The van der Waals surface area contributed by atoms with Gasteiger partial charge in [-0.25, -0.2) is 4.98 Å². The molecule has 3 aromatic rings. The van der Waals surface area contributed by atoms with Crippen LogP contribution in [0.15, 0.2) is 30.3 Å². The summed E-state index contributed by atoms with van der Waals surface area (Å²) < 4.78 is 1.04. The van der Waals surface area contributed by atoms with Crippen LogP contribution in [-0.4, -0.2) is 60.0 Å². The van der Waals surface area contributed by atoms with Gasteiger partial charge in [-0.1, -0.05) is 31.3 Å². The Morgan fingerprint density at radius 2 is 1.81 bits per heavy atom. The van der Waals surface area contributed by atoms with Gasteiger partial charge >= 0.3 is 0 Å². The number of carbonyl (C=O) groups excluding carboxylic acids is 1. The summed E-state index contributed by atoms with van der Waals surface area (Å²) in [5.41, 5.74) is 4.02. The van der Waals surface area contributed by atoms with Crippen molar-refractivity contribution < 1.29 is 9.72 Å². The van der Waals surface area contributed by atoms with E-state index in [9.17, 15) is 14.9 Å². The summed E-state index contributed by atoms with van der Waals surface area (Å²) in [6.07, 6.45) is 3.18. The average molecular weight is 510 g/mol. The molecule has 0 spiro atoms. The summed E-state index contributed by atoms with van der Waals surface area (Å²) in [7, 11) is 0. The maximum Gasteiger partial charge on any atom is 0.293 e. The molecule has 1 fully saturated rings. The van der Waals surface area contributed by atoms with Crippen LogP contribution in [0.25, 0.3) is 10.2 Å². The molecule has 192 valence electrons. The van der Waals surface area contributed by atoms with Crippen molar-refractivity contribution in [2.45, 2.75) is 47.0 Å². The third-order valence-corrected chi connectivity index (χ3v) is 7.97. The molecule has 1 aromatic heterocycles. The molecule has 0 saturated carbocycles. The summed E-state index contributed by atoms with van der Waals surface area (Å²) in [5, 5.41) is 12.6. The zero-order valence-electron chi connectivity index (χ0n) is 21.6. The molecular formula is C27H35N5O3S. The van der Waals surface area contributed by atoms with E-state index in [0.717, 1.165) is 66.8 Å². The van der Waals surface area contributed by atoms with Crippen LogP contribution >= 0.6 is 11.3 Å². The number of anilines is 2. The highest BCUT2D eigenvalue weighted by molar-refractivity contribution is 7.22. The van der Waals surface area contributed by atoms with Gasteiger partial charge in [-0.3, -0.25) is 19.8 Å². The van der Waals surface area contributed by atoms with E-state index >= 15 is 0 Å². The van der Waals surface area contributed by atoms with Gasteiger partial charge in [-0.2, -0.15) is 0 Å². The summed E-state index contributed by atoms with van der Waals surface area (Å²) in [4.78, 5) is 36.3.